The summed E-state index contributed by atoms with van der Waals surface area (Å²) >= 11 is 7.70. The number of carbonyl (C=O) groups excluding carboxylic acids is 2. The molecule has 0 bridgehead atoms. The van der Waals surface area contributed by atoms with Crippen molar-refractivity contribution < 1.29 is 14.3 Å². The van der Waals surface area contributed by atoms with E-state index in [1.807, 2.05) is 60.7 Å². The smallest absolute Gasteiger partial charge is 0.316 e. The van der Waals surface area contributed by atoms with E-state index in [4.69, 9.17) is 16.3 Å². The van der Waals surface area contributed by atoms with Crippen LogP contribution >= 0.6 is 23.4 Å². The molecule has 4 rings (SSSR count). The number of halogens is 1. The van der Waals surface area contributed by atoms with Crippen molar-refractivity contribution in [2.24, 2.45) is 0 Å². The molecule has 1 aliphatic carbocycles. The van der Waals surface area contributed by atoms with Crippen LogP contribution in [0, 0.1) is 0 Å². The highest BCUT2D eigenvalue weighted by molar-refractivity contribution is 8.00. The molecule has 1 fully saturated rings. The first kappa shape index (κ1) is 21.9. The van der Waals surface area contributed by atoms with E-state index < -0.39 is 5.97 Å². The van der Waals surface area contributed by atoms with Crippen LogP contribution in [0.4, 0.5) is 0 Å². The van der Waals surface area contributed by atoms with E-state index in [1.165, 1.54) is 49.4 Å². The summed E-state index contributed by atoms with van der Waals surface area (Å²) in [6.45, 7) is -0.238. The minimum atomic E-state index is -0.416. The van der Waals surface area contributed by atoms with Crippen LogP contribution in [0.2, 0.25) is 5.02 Å². The fraction of sp³-hybridized carbons (Fsp3) is 0.308. The van der Waals surface area contributed by atoms with Gasteiger partial charge in [-0.2, -0.15) is 0 Å². The highest BCUT2D eigenvalue weighted by atomic mass is 35.5. The van der Waals surface area contributed by atoms with Gasteiger partial charge in [-0.1, -0.05) is 79.4 Å². The predicted octanol–water partition coefficient (Wildman–Crippen LogP) is 7.06. The summed E-state index contributed by atoms with van der Waals surface area (Å²) in [5.41, 5.74) is 1.89. The Kier molecular flexibility index (Phi) is 7.31. The van der Waals surface area contributed by atoms with E-state index in [0.29, 0.717) is 16.5 Å². The molecule has 0 N–H and O–H groups in total. The Balaban J connectivity index is 1.29. The zero-order valence-corrected chi connectivity index (χ0v) is 18.9. The van der Waals surface area contributed by atoms with Gasteiger partial charge < -0.3 is 4.74 Å². The molecule has 3 aromatic carbocycles. The molecule has 0 aromatic heterocycles. The Labute approximate surface area is 192 Å². The number of thioether (sulfide) groups is 1. The molecule has 31 heavy (non-hydrogen) atoms. The van der Waals surface area contributed by atoms with Gasteiger partial charge in [-0.15, -0.1) is 11.8 Å². The maximum absolute atomic E-state index is 12.4. The van der Waals surface area contributed by atoms with Crippen LogP contribution in [-0.4, -0.2) is 24.1 Å². The summed E-state index contributed by atoms with van der Waals surface area (Å²) in [5.74, 6) is 0.136. The second kappa shape index (κ2) is 10.3. The lowest BCUT2D eigenvalue weighted by atomic mass is 9.84. The Morgan fingerprint density at radius 3 is 2.39 bits per heavy atom. The average molecular weight is 453 g/mol. The first-order chi connectivity index (χ1) is 15.1. The second-order valence-electron chi connectivity index (χ2n) is 7.92. The fourth-order valence-electron chi connectivity index (χ4n) is 4.17. The summed E-state index contributed by atoms with van der Waals surface area (Å²) < 4.78 is 5.23. The first-order valence-corrected chi connectivity index (χ1v) is 12.1. The predicted molar refractivity (Wildman–Crippen MR) is 127 cm³/mol. The van der Waals surface area contributed by atoms with Gasteiger partial charge in [-0.3, -0.25) is 9.59 Å². The van der Waals surface area contributed by atoms with Gasteiger partial charge in [-0.05, 0) is 41.8 Å². The highest BCUT2D eigenvalue weighted by Crippen LogP contribution is 2.34. The van der Waals surface area contributed by atoms with Crippen LogP contribution in [0.5, 0.6) is 0 Å². The number of ether oxygens (including phenoxy) is 1. The third-order valence-electron chi connectivity index (χ3n) is 5.83. The van der Waals surface area contributed by atoms with E-state index in [1.54, 1.807) is 0 Å². The monoisotopic (exact) mass is 452 g/mol. The van der Waals surface area contributed by atoms with Crippen molar-refractivity contribution in [1.29, 1.82) is 0 Å². The molecule has 0 amide bonds. The molecule has 0 aliphatic heterocycles. The van der Waals surface area contributed by atoms with E-state index in [-0.39, 0.29) is 18.1 Å². The number of Topliss-reactive ketones (excluding diaryl/α,β-unsaturated/α-hetero) is 1. The SMILES string of the molecule is O=C(CSc1cccc2cccc(Cl)c12)OCC(=O)c1ccc(C2CCCCC2)cc1. The zero-order valence-electron chi connectivity index (χ0n) is 17.3. The molecule has 0 saturated heterocycles. The molecule has 0 heterocycles. The largest absolute Gasteiger partial charge is 0.457 e. The van der Waals surface area contributed by atoms with Crippen LogP contribution in [0.1, 0.15) is 53.9 Å². The quantitative estimate of drug-likeness (QED) is 0.218. The topological polar surface area (TPSA) is 43.4 Å². The van der Waals surface area contributed by atoms with Gasteiger partial charge in [0.1, 0.15) is 0 Å². The molecular weight excluding hydrogens is 428 g/mol. The first-order valence-electron chi connectivity index (χ1n) is 10.7. The van der Waals surface area contributed by atoms with Crippen molar-refractivity contribution in [1.82, 2.24) is 0 Å². The molecular formula is C26H25ClO3S. The lowest BCUT2D eigenvalue weighted by molar-refractivity contribution is -0.139. The number of carbonyl (C=O) groups is 2. The molecule has 5 heteroatoms. The summed E-state index contributed by atoms with van der Waals surface area (Å²) in [6, 6.07) is 19.4. The minimum absolute atomic E-state index is 0.123. The third-order valence-corrected chi connectivity index (χ3v) is 7.18. The molecule has 3 nitrogen and oxygen atoms in total. The normalized spacial score (nSPS) is 14.5. The lowest BCUT2D eigenvalue weighted by Crippen LogP contribution is -2.15. The summed E-state index contributed by atoms with van der Waals surface area (Å²) in [4.78, 5) is 25.6. The molecule has 0 spiro atoms. The summed E-state index contributed by atoms with van der Waals surface area (Å²) in [6.07, 6.45) is 6.34. The molecule has 1 aliphatic rings. The number of hydrogen-bond acceptors (Lipinski definition) is 4. The maximum Gasteiger partial charge on any atom is 0.316 e. The van der Waals surface area contributed by atoms with Crippen molar-refractivity contribution in [3.63, 3.8) is 0 Å². The highest BCUT2D eigenvalue weighted by Gasteiger charge is 2.17. The number of fused-ring (bicyclic) bond motifs is 1. The van der Waals surface area contributed by atoms with Gasteiger partial charge in [0.25, 0.3) is 0 Å². The van der Waals surface area contributed by atoms with E-state index >= 15 is 0 Å². The van der Waals surface area contributed by atoms with Gasteiger partial charge in [0.2, 0.25) is 0 Å². The molecule has 0 radical (unpaired) electrons. The van der Waals surface area contributed by atoms with E-state index in [9.17, 15) is 9.59 Å². The van der Waals surface area contributed by atoms with Gasteiger partial charge in [-0.25, -0.2) is 0 Å². The molecule has 0 atom stereocenters. The molecule has 3 aromatic rings. The van der Waals surface area contributed by atoms with Crippen molar-refractivity contribution in [3.8, 4) is 0 Å². The number of esters is 1. The van der Waals surface area contributed by atoms with Crippen molar-refractivity contribution in [2.45, 2.75) is 42.9 Å². The summed E-state index contributed by atoms with van der Waals surface area (Å²) in [5, 5.41) is 2.61. The average Bonchev–Trinajstić information content (AvgIpc) is 2.82. The Morgan fingerprint density at radius 2 is 1.65 bits per heavy atom. The Bertz CT molecular complexity index is 1070. The number of benzene rings is 3. The third kappa shape index (κ3) is 5.50. The van der Waals surface area contributed by atoms with Gasteiger partial charge in [0.15, 0.2) is 12.4 Å². The molecule has 0 unspecified atom stereocenters. The Morgan fingerprint density at radius 1 is 0.935 bits per heavy atom. The van der Waals surface area contributed by atoms with Gasteiger partial charge >= 0.3 is 5.97 Å². The second-order valence-corrected chi connectivity index (χ2v) is 9.35. The number of ketones is 1. The van der Waals surface area contributed by atoms with E-state index in [2.05, 4.69) is 0 Å². The van der Waals surface area contributed by atoms with Crippen molar-refractivity contribution >= 4 is 45.9 Å². The van der Waals surface area contributed by atoms with Crippen molar-refractivity contribution in [3.05, 3.63) is 76.8 Å². The summed E-state index contributed by atoms with van der Waals surface area (Å²) in [7, 11) is 0. The van der Waals surface area contributed by atoms with Crippen LogP contribution in [0.3, 0.4) is 0 Å². The van der Waals surface area contributed by atoms with Gasteiger partial charge in [0, 0.05) is 20.9 Å². The molecule has 1 saturated carbocycles. The van der Waals surface area contributed by atoms with Crippen LogP contribution in [0.15, 0.2) is 65.6 Å². The van der Waals surface area contributed by atoms with Crippen LogP contribution in [0.25, 0.3) is 10.8 Å². The Hall–Kier alpha value is -2.30. The fourth-order valence-corrected chi connectivity index (χ4v) is 5.41. The zero-order chi connectivity index (χ0) is 21.6. The van der Waals surface area contributed by atoms with Crippen molar-refractivity contribution in [2.75, 3.05) is 12.4 Å². The van der Waals surface area contributed by atoms with Gasteiger partial charge in [0.05, 0.1) is 5.75 Å². The van der Waals surface area contributed by atoms with E-state index in [0.717, 1.165) is 15.7 Å². The number of rotatable bonds is 7. The standard InChI is InChI=1S/C26H25ClO3S/c27-22-10-4-8-21-9-5-11-24(26(21)22)31-17-25(29)30-16-23(28)20-14-12-19(13-15-20)18-6-2-1-3-7-18/h4-5,8-15,18H,1-3,6-7,16-17H2. The molecule has 160 valence electrons. The number of hydrogen-bond donors (Lipinski definition) is 0. The van der Waals surface area contributed by atoms with Crippen LogP contribution < -0.4 is 0 Å². The lowest BCUT2D eigenvalue weighted by Gasteiger charge is -2.22. The maximum atomic E-state index is 12.4. The minimum Gasteiger partial charge on any atom is -0.457 e. The van der Waals surface area contributed by atoms with Crippen LogP contribution in [-0.2, 0) is 9.53 Å².